The molecule has 0 unspecified atom stereocenters. The molecule has 0 amide bonds. The zero-order valence-electron chi connectivity index (χ0n) is 12.2. The molecule has 0 N–H and O–H groups in total. The van der Waals surface area contributed by atoms with Gasteiger partial charge in [0.25, 0.3) is 0 Å². The van der Waals surface area contributed by atoms with Crippen molar-refractivity contribution in [3.63, 3.8) is 0 Å². The Labute approximate surface area is 165 Å². The maximum atomic E-state index is 10.5. The van der Waals surface area contributed by atoms with Crippen LogP contribution in [0.4, 0.5) is 0 Å². The summed E-state index contributed by atoms with van der Waals surface area (Å²) in [6, 6.07) is 14.2. The van der Waals surface area contributed by atoms with Crippen LogP contribution in [0.1, 0.15) is 12.5 Å². The fourth-order valence-corrected chi connectivity index (χ4v) is 2.68. The summed E-state index contributed by atoms with van der Waals surface area (Å²) in [6.45, 7) is 3.02. The minimum absolute atomic E-state index is 0. The van der Waals surface area contributed by atoms with Crippen molar-refractivity contribution >= 4 is 33.9 Å². The van der Waals surface area contributed by atoms with Gasteiger partial charge in [-0.1, -0.05) is 30.3 Å². The third-order valence-electron chi connectivity index (χ3n) is 3.52. The van der Waals surface area contributed by atoms with E-state index in [-0.39, 0.29) is 51.4 Å². The molecule has 4 heteroatoms. The van der Waals surface area contributed by atoms with Gasteiger partial charge in [0.2, 0.25) is 0 Å². The van der Waals surface area contributed by atoms with Crippen LogP contribution in [0.2, 0.25) is 0 Å². The Morgan fingerprint density at radius 2 is 1.86 bits per heavy atom. The van der Waals surface area contributed by atoms with Gasteiger partial charge in [-0.2, -0.15) is 0 Å². The van der Waals surface area contributed by atoms with E-state index in [1.54, 1.807) is 6.08 Å². The minimum Gasteiger partial charge on any atom is -0.545 e. The van der Waals surface area contributed by atoms with Crippen LogP contribution in [-0.4, -0.2) is 10.5 Å². The van der Waals surface area contributed by atoms with E-state index in [9.17, 15) is 9.90 Å². The number of rotatable bonds is 3. The fourth-order valence-electron chi connectivity index (χ4n) is 2.68. The molecule has 0 bridgehead atoms. The Bertz CT molecular complexity index is 833. The first kappa shape index (κ1) is 16.5. The van der Waals surface area contributed by atoms with Crippen molar-refractivity contribution in [2.24, 2.45) is 0 Å². The second-order valence-electron chi connectivity index (χ2n) is 4.69. The molecule has 0 aliphatic rings. The molecule has 3 nitrogen and oxygen atoms in total. The zero-order chi connectivity index (χ0) is 14.1. The van der Waals surface area contributed by atoms with Crippen molar-refractivity contribution < 1.29 is 61.3 Å². The fraction of sp³-hybridized carbons (Fsp3) is 0.118. The van der Waals surface area contributed by atoms with E-state index >= 15 is 0 Å². The average Bonchev–Trinajstić information content (AvgIpc) is 2.78. The quantitative estimate of drug-likeness (QED) is 0.487. The van der Waals surface area contributed by atoms with E-state index in [1.807, 2.05) is 30.3 Å². The average molecular weight is 303 g/mol. The van der Waals surface area contributed by atoms with Crippen molar-refractivity contribution in [1.82, 2.24) is 4.57 Å². The molecule has 3 rings (SSSR count). The predicted molar refractivity (Wildman–Crippen MR) is 79.2 cm³/mol. The molecule has 0 spiro atoms. The number of fused-ring (bicyclic) bond motifs is 3. The number of aryl methyl sites for hydroxylation is 1. The molecule has 1 aromatic heterocycles. The van der Waals surface area contributed by atoms with Crippen molar-refractivity contribution in [3.05, 3.63) is 54.1 Å². The smallest absolute Gasteiger partial charge is 0.545 e. The maximum Gasteiger partial charge on any atom is 1.00 e. The molecule has 0 radical (unpaired) electrons. The van der Waals surface area contributed by atoms with Gasteiger partial charge in [0, 0.05) is 28.4 Å². The molecule has 0 aliphatic carbocycles. The van der Waals surface area contributed by atoms with E-state index in [1.165, 1.54) is 16.4 Å². The first-order valence-corrected chi connectivity index (χ1v) is 6.60. The summed E-state index contributed by atoms with van der Waals surface area (Å²) in [5, 5.41) is 12.8. The number of carboxylic acids is 1. The largest absolute Gasteiger partial charge is 1.00 e. The van der Waals surface area contributed by atoms with Crippen molar-refractivity contribution in [3.8, 4) is 0 Å². The second kappa shape index (κ2) is 6.90. The van der Waals surface area contributed by atoms with Crippen LogP contribution in [0.25, 0.3) is 27.9 Å². The molecule has 2 aromatic carbocycles. The van der Waals surface area contributed by atoms with Gasteiger partial charge in [-0.05, 0) is 36.8 Å². The number of para-hydroxylation sites is 1. The third kappa shape index (κ3) is 3.15. The SMILES string of the molecule is CCn1c2ccccc2c2cc(/C=C\C(=O)[O-])ccc21.[K+]. The summed E-state index contributed by atoms with van der Waals surface area (Å²) in [4.78, 5) is 10.5. The van der Waals surface area contributed by atoms with Crippen LogP contribution in [0, 0.1) is 0 Å². The molecular formula is C17H14KNO2. The molecule has 3 aromatic rings. The monoisotopic (exact) mass is 303 g/mol. The van der Waals surface area contributed by atoms with Gasteiger partial charge in [-0.15, -0.1) is 0 Å². The normalized spacial score (nSPS) is 11.1. The topological polar surface area (TPSA) is 45.1 Å². The summed E-state index contributed by atoms with van der Waals surface area (Å²) >= 11 is 0. The van der Waals surface area contributed by atoms with Crippen molar-refractivity contribution in [2.45, 2.75) is 13.5 Å². The van der Waals surface area contributed by atoms with Crippen LogP contribution in [0.5, 0.6) is 0 Å². The van der Waals surface area contributed by atoms with Gasteiger partial charge in [0.1, 0.15) is 0 Å². The number of nitrogens with zero attached hydrogens (tertiary/aromatic N) is 1. The molecular weight excluding hydrogens is 289 g/mol. The van der Waals surface area contributed by atoms with Crippen LogP contribution in [0.15, 0.2) is 48.5 Å². The number of carbonyl (C=O) groups excluding carboxylic acids is 1. The molecule has 100 valence electrons. The van der Waals surface area contributed by atoms with Gasteiger partial charge in [0.05, 0.1) is 5.97 Å². The summed E-state index contributed by atoms with van der Waals surface area (Å²) in [6.07, 6.45) is 2.62. The number of benzene rings is 2. The Morgan fingerprint density at radius 3 is 2.57 bits per heavy atom. The number of hydrogen-bond donors (Lipinski definition) is 0. The standard InChI is InChI=1S/C17H15NO2.K/c1-2-18-15-6-4-3-5-13(15)14-11-12(7-9-16(14)18)8-10-17(19)20;/h3-11H,2H2,1H3,(H,19,20);/q;+1/p-1/b10-8-;. The number of carbonyl (C=O) groups is 1. The van der Waals surface area contributed by atoms with Crippen LogP contribution < -0.4 is 56.5 Å². The van der Waals surface area contributed by atoms with E-state index in [4.69, 9.17) is 0 Å². The molecule has 0 fully saturated rings. The minimum atomic E-state index is -1.18. The Balaban J connectivity index is 0.00000161. The first-order chi connectivity index (χ1) is 9.70. The van der Waals surface area contributed by atoms with Crippen LogP contribution >= 0.6 is 0 Å². The molecule has 0 atom stereocenters. The molecule has 0 aliphatic heterocycles. The Hall–Kier alpha value is -0.914. The number of hydrogen-bond acceptors (Lipinski definition) is 2. The van der Waals surface area contributed by atoms with E-state index < -0.39 is 5.97 Å². The van der Waals surface area contributed by atoms with Gasteiger partial charge in [-0.25, -0.2) is 0 Å². The number of aliphatic carboxylic acids is 1. The van der Waals surface area contributed by atoms with Gasteiger partial charge < -0.3 is 14.5 Å². The molecule has 21 heavy (non-hydrogen) atoms. The number of aromatic nitrogens is 1. The predicted octanol–water partition coefficient (Wildman–Crippen LogP) is -0.419. The first-order valence-electron chi connectivity index (χ1n) is 6.60. The van der Waals surface area contributed by atoms with E-state index in [0.717, 1.165) is 23.6 Å². The third-order valence-corrected chi connectivity index (χ3v) is 3.52. The molecule has 0 saturated heterocycles. The Kier molecular flexibility index (Phi) is 5.41. The van der Waals surface area contributed by atoms with Crippen molar-refractivity contribution in [2.75, 3.05) is 0 Å². The van der Waals surface area contributed by atoms with E-state index in [2.05, 4.69) is 23.6 Å². The molecule has 0 saturated carbocycles. The van der Waals surface area contributed by atoms with Gasteiger partial charge >= 0.3 is 51.4 Å². The van der Waals surface area contributed by atoms with Gasteiger partial charge in [0.15, 0.2) is 0 Å². The summed E-state index contributed by atoms with van der Waals surface area (Å²) in [5.41, 5.74) is 3.23. The van der Waals surface area contributed by atoms with Crippen molar-refractivity contribution in [1.29, 1.82) is 0 Å². The number of carboxylic acid groups (broad SMARTS) is 1. The van der Waals surface area contributed by atoms with Gasteiger partial charge in [-0.3, -0.25) is 0 Å². The summed E-state index contributed by atoms with van der Waals surface area (Å²) in [5.74, 6) is -1.18. The van der Waals surface area contributed by atoms with E-state index in [0.29, 0.717) is 0 Å². The second-order valence-corrected chi connectivity index (χ2v) is 4.69. The molecule has 1 heterocycles. The summed E-state index contributed by atoms with van der Waals surface area (Å²) < 4.78 is 2.26. The zero-order valence-corrected chi connectivity index (χ0v) is 15.3. The maximum absolute atomic E-state index is 10.5. The Morgan fingerprint density at radius 1 is 1.14 bits per heavy atom. The summed E-state index contributed by atoms with van der Waals surface area (Å²) in [7, 11) is 0. The van der Waals surface area contributed by atoms with Crippen LogP contribution in [0.3, 0.4) is 0 Å². The van der Waals surface area contributed by atoms with Crippen LogP contribution in [-0.2, 0) is 11.3 Å².